The number of carbonyl (C=O) groups excluding carboxylic acids is 1. The summed E-state index contributed by atoms with van der Waals surface area (Å²) in [6, 6.07) is 10.3. The van der Waals surface area contributed by atoms with Crippen LogP contribution >= 0.6 is 11.3 Å². The Labute approximate surface area is 125 Å². The highest BCUT2D eigenvalue weighted by atomic mass is 32.1. The molecule has 21 heavy (non-hydrogen) atoms. The van der Waals surface area contributed by atoms with E-state index in [1.54, 1.807) is 18.5 Å². The fourth-order valence-electron chi connectivity index (χ4n) is 2.09. The summed E-state index contributed by atoms with van der Waals surface area (Å²) in [5.41, 5.74) is 6.55. The van der Waals surface area contributed by atoms with Gasteiger partial charge in [0.2, 0.25) is 0 Å². The summed E-state index contributed by atoms with van der Waals surface area (Å²) >= 11 is 1.44. The molecule has 0 fully saturated rings. The van der Waals surface area contributed by atoms with Gasteiger partial charge in [0.1, 0.15) is 6.04 Å². The maximum Gasteiger partial charge on any atom is 0.263 e. The van der Waals surface area contributed by atoms with Crippen LogP contribution in [0.3, 0.4) is 0 Å². The average Bonchev–Trinajstić information content (AvgIpc) is 3.06. The molecule has 3 rings (SSSR count). The lowest BCUT2D eigenvalue weighted by Crippen LogP contribution is -2.43. The Balaban J connectivity index is 1.89. The molecule has 2 aromatic heterocycles. The Bertz CT molecular complexity index is 772. The lowest BCUT2D eigenvalue weighted by molar-refractivity contribution is -0.120. The summed E-state index contributed by atoms with van der Waals surface area (Å²) in [5.74, 6) is 5.58. The van der Waals surface area contributed by atoms with Gasteiger partial charge in [-0.2, -0.15) is 0 Å². The smallest absolute Gasteiger partial charge is 0.263 e. The van der Waals surface area contributed by atoms with Gasteiger partial charge in [-0.1, -0.05) is 12.1 Å². The number of pyridine rings is 1. The summed E-state index contributed by atoms with van der Waals surface area (Å²) < 4.78 is 0. The van der Waals surface area contributed by atoms with Crippen molar-refractivity contribution >= 4 is 33.7 Å². The van der Waals surface area contributed by atoms with Gasteiger partial charge in [0.05, 0.1) is 5.69 Å². The number of amides is 1. The first-order chi connectivity index (χ1) is 10.2. The maximum absolute atomic E-state index is 12.3. The summed E-state index contributed by atoms with van der Waals surface area (Å²) in [6.45, 7) is 0. The number of hydrogen-bond donors (Lipinski definition) is 2. The Morgan fingerprint density at radius 3 is 2.86 bits per heavy atom. The van der Waals surface area contributed by atoms with Gasteiger partial charge in [-0.05, 0) is 35.0 Å². The van der Waals surface area contributed by atoms with Crippen LogP contribution in [0.5, 0.6) is 0 Å². The quantitative estimate of drug-likeness (QED) is 0.441. The first-order valence-corrected chi connectivity index (χ1v) is 7.26. The highest BCUT2D eigenvalue weighted by Gasteiger charge is 2.22. The largest absolute Gasteiger partial charge is 0.315 e. The van der Waals surface area contributed by atoms with E-state index in [0.717, 1.165) is 20.7 Å². The zero-order chi connectivity index (χ0) is 14.8. The van der Waals surface area contributed by atoms with Crippen molar-refractivity contribution in [1.82, 2.24) is 4.98 Å². The zero-order valence-corrected chi connectivity index (χ0v) is 12.0. The molecule has 1 aromatic carbocycles. The van der Waals surface area contributed by atoms with Crippen molar-refractivity contribution in [2.75, 3.05) is 5.01 Å². The topological polar surface area (TPSA) is 85.2 Å². The summed E-state index contributed by atoms with van der Waals surface area (Å²) in [6.07, 6.45) is 3.45. The second kappa shape index (κ2) is 5.61. The van der Waals surface area contributed by atoms with E-state index in [0.29, 0.717) is 5.69 Å². The molecule has 0 radical (unpaired) electrons. The molecule has 0 unspecified atom stereocenters. The predicted octanol–water partition coefficient (Wildman–Crippen LogP) is 2.20. The fraction of sp³-hybridized carbons (Fsp3) is 0.0667. The summed E-state index contributed by atoms with van der Waals surface area (Å²) in [7, 11) is 0. The molecule has 6 heteroatoms. The average molecular weight is 298 g/mol. The predicted molar refractivity (Wildman–Crippen MR) is 84.7 cm³/mol. The van der Waals surface area contributed by atoms with E-state index >= 15 is 0 Å². The maximum atomic E-state index is 12.3. The van der Waals surface area contributed by atoms with Gasteiger partial charge in [-0.15, -0.1) is 11.3 Å². The molecule has 0 saturated carbocycles. The van der Waals surface area contributed by atoms with Crippen LogP contribution in [0.4, 0.5) is 5.69 Å². The van der Waals surface area contributed by atoms with Crippen LogP contribution in [-0.4, -0.2) is 10.9 Å². The van der Waals surface area contributed by atoms with Crippen LogP contribution in [0.25, 0.3) is 10.8 Å². The summed E-state index contributed by atoms with van der Waals surface area (Å²) in [5, 5.41) is 4.93. The van der Waals surface area contributed by atoms with Gasteiger partial charge in [0.25, 0.3) is 5.91 Å². The van der Waals surface area contributed by atoms with Crippen molar-refractivity contribution in [1.29, 1.82) is 0 Å². The molecule has 1 atom stereocenters. The van der Waals surface area contributed by atoms with E-state index in [1.165, 1.54) is 11.3 Å². The highest BCUT2D eigenvalue weighted by molar-refractivity contribution is 7.10. The van der Waals surface area contributed by atoms with Crippen molar-refractivity contribution in [3.8, 4) is 0 Å². The van der Waals surface area contributed by atoms with Gasteiger partial charge in [0.15, 0.2) is 0 Å². The fourth-order valence-corrected chi connectivity index (χ4v) is 2.81. The van der Waals surface area contributed by atoms with Gasteiger partial charge in [0, 0.05) is 22.7 Å². The zero-order valence-electron chi connectivity index (χ0n) is 11.1. The standard InChI is InChI=1S/C15H14N4OS/c16-14(13-2-1-7-21-13)15(20)19(17)12-4-3-10-5-6-18-9-11(10)8-12/h1-9,14H,16-17H2/t14-/m1/s1. The van der Waals surface area contributed by atoms with Crippen molar-refractivity contribution in [2.24, 2.45) is 11.6 Å². The molecule has 0 spiro atoms. The van der Waals surface area contributed by atoms with Crippen molar-refractivity contribution in [3.63, 3.8) is 0 Å². The number of anilines is 1. The number of benzene rings is 1. The highest BCUT2D eigenvalue weighted by Crippen LogP contribution is 2.23. The number of rotatable bonds is 3. The number of nitrogens with two attached hydrogens (primary N) is 2. The minimum atomic E-state index is -0.750. The Morgan fingerprint density at radius 1 is 1.24 bits per heavy atom. The number of aromatic nitrogens is 1. The van der Waals surface area contributed by atoms with Crippen molar-refractivity contribution < 1.29 is 4.79 Å². The number of hydrazine groups is 1. The minimum Gasteiger partial charge on any atom is -0.315 e. The Morgan fingerprint density at radius 2 is 2.10 bits per heavy atom. The van der Waals surface area contributed by atoms with Crippen LogP contribution in [-0.2, 0) is 4.79 Å². The van der Waals surface area contributed by atoms with Gasteiger partial charge >= 0.3 is 0 Å². The van der Waals surface area contributed by atoms with E-state index in [9.17, 15) is 4.79 Å². The number of nitrogens with zero attached hydrogens (tertiary/aromatic N) is 2. The number of hydrogen-bond acceptors (Lipinski definition) is 5. The lowest BCUT2D eigenvalue weighted by Gasteiger charge is -2.20. The Hall–Kier alpha value is -2.28. The van der Waals surface area contributed by atoms with Crippen molar-refractivity contribution in [2.45, 2.75) is 6.04 Å². The summed E-state index contributed by atoms with van der Waals surface area (Å²) in [4.78, 5) is 17.2. The molecule has 0 bridgehead atoms. The van der Waals surface area contributed by atoms with E-state index < -0.39 is 6.04 Å². The second-order valence-corrected chi connectivity index (χ2v) is 5.59. The molecular weight excluding hydrogens is 284 g/mol. The van der Waals surface area contributed by atoms with E-state index in [1.807, 2.05) is 35.7 Å². The van der Waals surface area contributed by atoms with Gasteiger partial charge < -0.3 is 5.73 Å². The molecule has 0 aliphatic heterocycles. The molecule has 106 valence electrons. The van der Waals surface area contributed by atoms with Crippen LogP contribution in [0, 0.1) is 0 Å². The monoisotopic (exact) mass is 298 g/mol. The van der Waals surface area contributed by atoms with E-state index in [2.05, 4.69) is 4.98 Å². The number of thiophene rings is 1. The SMILES string of the molecule is N[C@@H](C(=O)N(N)c1ccc2ccncc2c1)c1cccs1. The molecule has 2 heterocycles. The molecule has 0 saturated heterocycles. The van der Waals surface area contributed by atoms with Crippen molar-refractivity contribution in [3.05, 3.63) is 59.0 Å². The molecule has 0 aliphatic rings. The third kappa shape index (κ3) is 2.64. The molecule has 0 aliphatic carbocycles. The molecule has 5 nitrogen and oxygen atoms in total. The normalized spacial score (nSPS) is 12.3. The van der Waals surface area contributed by atoms with Crippen LogP contribution in [0.15, 0.2) is 54.2 Å². The molecule has 1 amide bonds. The van der Waals surface area contributed by atoms with Gasteiger partial charge in [-0.3, -0.25) is 9.78 Å². The number of fused-ring (bicyclic) bond motifs is 1. The van der Waals surface area contributed by atoms with Crippen LogP contribution in [0.1, 0.15) is 10.9 Å². The minimum absolute atomic E-state index is 0.347. The van der Waals surface area contributed by atoms with E-state index in [-0.39, 0.29) is 5.91 Å². The third-order valence-electron chi connectivity index (χ3n) is 3.26. The Kier molecular flexibility index (Phi) is 3.66. The van der Waals surface area contributed by atoms with Gasteiger partial charge in [-0.25, -0.2) is 10.9 Å². The first-order valence-electron chi connectivity index (χ1n) is 6.38. The molecule has 3 aromatic rings. The first kappa shape index (κ1) is 13.7. The van der Waals surface area contributed by atoms with Crippen LogP contribution in [0.2, 0.25) is 0 Å². The molecule has 4 N–H and O–H groups in total. The third-order valence-corrected chi connectivity index (χ3v) is 4.21. The van der Waals surface area contributed by atoms with Crippen LogP contribution < -0.4 is 16.6 Å². The van der Waals surface area contributed by atoms with E-state index in [4.69, 9.17) is 11.6 Å². The number of carbonyl (C=O) groups is 1. The molecular formula is C15H14N4OS. The second-order valence-electron chi connectivity index (χ2n) is 4.61. The lowest BCUT2D eigenvalue weighted by atomic mass is 10.1.